The summed E-state index contributed by atoms with van der Waals surface area (Å²) in [5.41, 5.74) is 0. The van der Waals surface area contributed by atoms with Gasteiger partial charge in [-0.1, -0.05) is 27.7 Å². The van der Waals surface area contributed by atoms with E-state index in [0.717, 1.165) is 19.1 Å². The standard InChI is InChI=1S/C12H27NOSi/c1-10-7-11(13-8-10)9-14-15(5,6)12(2,3)4/h10-11,13H,7-9H2,1-6H3/t10-,11+/m1/s1. The number of nitrogens with one attached hydrogen (secondary N) is 1. The summed E-state index contributed by atoms with van der Waals surface area (Å²) in [5, 5.41) is 3.86. The molecule has 1 aliphatic rings. The van der Waals surface area contributed by atoms with Gasteiger partial charge in [0, 0.05) is 12.6 Å². The highest BCUT2D eigenvalue weighted by molar-refractivity contribution is 6.74. The zero-order chi connectivity index (χ0) is 11.7. The second-order valence-electron chi connectivity index (χ2n) is 6.52. The van der Waals surface area contributed by atoms with E-state index < -0.39 is 8.32 Å². The molecule has 0 aliphatic carbocycles. The van der Waals surface area contributed by atoms with Gasteiger partial charge in [-0.2, -0.15) is 0 Å². The molecule has 0 bridgehead atoms. The molecule has 1 rings (SSSR count). The first kappa shape index (κ1) is 13.2. The fourth-order valence-corrected chi connectivity index (χ4v) is 2.72. The SMILES string of the molecule is C[C@H]1CN[C@H](CO[Si](C)(C)C(C)(C)C)C1. The van der Waals surface area contributed by atoms with Crippen LogP contribution in [0.2, 0.25) is 18.1 Å². The fourth-order valence-electron chi connectivity index (χ4n) is 1.67. The van der Waals surface area contributed by atoms with Crippen LogP contribution in [0, 0.1) is 5.92 Å². The van der Waals surface area contributed by atoms with Gasteiger partial charge in [0.2, 0.25) is 0 Å². The lowest BCUT2D eigenvalue weighted by Gasteiger charge is -2.37. The van der Waals surface area contributed by atoms with Crippen molar-refractivity contribution < 1.29 is 4.43 Å². The third-order valence-corrected chi connectivity index (χ3v) is 8.39. The summed E-state index contributed by atoms with van der Waals surface area (Å²) < 4.78 is 6.20. The molecule has 1 heterocycles. The highest BCUT2D eigenvalue weighted by Gasteiger charge is 2.37. The highest BCUT2D eigenvalue weighted by Crippen LogP contribution is 2.36. The van der Waals surface area contributed by atoms with Gasteiger partial charge in [0.15, 0.2) is 8.32 Å². The predicted molar refractivity (Wildman–Crippen MR) is 68.7 cm³/mol. The molecule has 0 radical (unpaired) electrons. The van der Waals surface area contributed by atoms with Crippen molar-refractivity contribution in [1.29, 1.82) is 0 Å². The summed E-state index contributed by atoms with van der Waals surface area (Å²) in [4.78, 5) is 0. The molecule has 2 nitrogen and oxygen atoms in total. The molecule has 0 aromatic heterocycles. The minimum atomic E-state index is -1.53. The van der Waals surface area contributed by atoms with Gasteiger partial charge in [-0.3, -0.25) is 0 Å². The van der Waals surface area contributed by atoms with E-state index in [-0.39, 0.29) is 0 Å². The molecule has 0 aromatic rings. The van der Waals surface area contributed by atoms with Gasteiger partial charge in [0.05, 0.1) is 0 Å². The summed E-state index contributed by atoms with van der Waals surface area (Å²) in [5.74, 6) is 0.818. The number of rotatable bonds is 3. The van der Waals surface area contributed by atoms with Crippen molar-refractivity contribution in [1.82, 2.24) is 5.32 Å². The van der Waals surface area contributed by atoms with E-state index in [1.54, 1.807) is 0 Å². The average Bonchev–Trinajstić information content (AvgIpc) is 2.46. The van der Waals surface area contributed by atoms with Crippen molar-refractivity contribution in [3.63, 3.8) is 0 Å². The third kappa shape index (κ3) is 3.57. The van der Waals surface area contributed by atoms with E-state index in [4.69, 9.17) is 4.43 Å². The van der Waals surface area contributed by atoms with Crippen LogP contribution in [0.15, 0.2) is 0 Å². The zero-order valence-corrected chi connectivity index (χ0v) is 12.2. The van der Waals surface area contributed by atoms with Gasteiger partial charge >= 0.3 is 0 Å². The molecule has 3 heteroatoms. The van der Waals surface area contributed by atoms with Gasteiger partial charge in [-0.15, -0.1) is 0 Å². The maximum atomic E-state index is 6.20. The topological polar surface area (TPSA) is 21.3 Å². The summed E-state index contributed by atoms with van der Waals surface area (Å²) in [7, 11) is -1.53. The zero-order valence-electron chi connectivity index (χ0n) is 11.2. The Morgan fingerprint density at radius 1 is 1.33 bits per heavy atom. The first-order chi connectivity index (χ1) is 6.72. The van der Waals surface area contributed by atoms with Gasteiger partial charge < -0.3 is 9.74 Å². The molecule has 1 saturated heterocycles. The number of hydrogen-bond donors (Lipinski definition) is 1. The van der Waals surface area contributed by atoms with E-state index in [1.165, 1.54) is 6.42 Å². The summed E-state index contributed by atoms with van der Waals surface area (Å²) in [6.45, 7) is 15.9. The van der Waals surface area contributed by atoms with Crippen molar-refractivity contribution in [3.8, 4) is 0 Å². The Hall–Kier alpha value is 0.137. The molecule has 1 aliphatic heterocycles. The Kier molecular flexibility index (Phi) is 4.01. The lowest BCUT2D eigenvalue weighted by molar-refractivity contribution is 0.252. The third-order valence-electron chi connectivity index (χ3n) is 3.89. The Morgan fingerprint density at radius 3 is 2.33 bits per heavy atom. The van der Waals surface area contributed by atoms with E-state index in [2.05, 4.69) is 46.1 Å². The first-order valence-electron chi connectivity index (χ1n) is 6.10. The Morgan fingerprint density at radius 2 is 1.93 bits per heavy atom. The summed E-state index contributed by atoms with van der Waals surface area (Å²) in [6.07, 6.45) is 1.27. The lowest BCUT2D eigenvalue weighted by Crippen LogP contribution is -2.43. The minimum absolute atomic E-state index is 0.331. The predicted octanol–water partition coefficient (Wildman–Crippen LogP) is 3.01. The fraction of sp³-hybridized carbons (Fsp3) is 1.00. The van der Waals surface area contributed by atoms with Crippen LogP contribution in [0.4, 0.5) is 0 Å². The average molecular weight is 229 g/mol. The van der Waals surface area contributed by atoms with E-state index >= 15 is 0 Å². The number of hydrogen-bond acceptors (Lipinski definition) is 2. The van der Waals surface area contributed by atoms with Crippen molar-refractivity contribution in [2.45, 2.75) is 58.3 Å². The van der Waals surface area contributed by atoms with Crippen LogP contribution in [0.1, 0.15) is 34.1 Å². The van der Waals surface area contributed by atoms with Crippen LogP contribution in [0.25, 0.3) is 0 Å². The van der Waals surface area contributed by atoms with Crippen LogP contribution < -0.4 is 5.32 Å². The van der Waals surface area contributed by atoms with Gasteiger partial charge in [-0.05, 0) is 37.0 Å². The molecule has 15 heavy (non-hydrogen) atoms. The molecule has 90 valence electrons. The van der Waals surface area contributed by atoms with Crippen LogP contribution in [-0.2, 0) is 4.43 Å². The highest BCUT2D eigenvalue weighted by atomic mass is 28.4. The maximum Gasteiger partial charge on any atom is 0.192 e. The monoisotopic (exact) mass is 229 g/mol. The van der Waals surface area contributed by atoms with E-state index in [1.807, 2.05) is 0 Å². The second kappa shape index (κ2) is 4.56. The van der Waals surface area contributed by atoms with E-state index in [9.17, 15) is 0 Å². The summed E-state index contributed by atoms with van der Waals surface area (Å²) in [6, 6.07) is 0.592. The van der Waals surface area contributed by atoms with Gasteiger partial charge in [0.25, 0.3) is 0 Å². The van der Waals surface area contributed by atoms with Crippen molar-refractivity contribution >= 4 is 8.32 Å². The lowest BCUT2D eigenvalue weighted by atomic mass is 10.1. The minimum Gasteiger partial charge on any atom is -0.415 e. The van der Waals surface area contributed by atoms with Crippen LogP contribution >= 0.6 is 0 Å². The molecule has 0 amide bonds. The molecule has 1 N–H and O–H groups in total. The van der Waals surface area contributed by atoms with Crippen LogP contribution in [-0.4, -0.2) is 27.5 Å². The van der Waals surface area contributed by atoms with Crippen molar-refractivity contribution in [3.05, 3.63) is 0 Å². The normalized spacial score (nSPS) is 28.4. The largest absolute Gasteiger partial charge is 0.415 e. The van der Waals surface area contributed by atoms with Crippen LogP contribution in [0.5, 0.6) is 0 Å². The molecule has 0 unspecified atom stereocenters. The van der Waals surface area contributed by atoms with Crippen LogP contribution in [0.3, 0.4) is 0 Å². The Bertz CT molecular complexity index is 210. The van der Waals surface area contributed by atoms with Gasteiger partial charge in [-0.25, -0.2) is 0 Å². The van der Waals surface area contributed by atoms with E-state index in [0.29, 0.717) is 11.1 Å². The Labute approximate surface area is 95.9 Å². The smallest absolute Gasteiger partial charge is 0.192 e. The molecular weight excluding hydrogens is 202 g/mol. The van der Waals surface area contributed by atoms with Crippen molar-refractivity contribution in [2.75, 3.05) is 13.2 Å². The van der Waals surface area contributed by atoms with Gasteiger partial charge in [0.1, 0.15) is 0 Å². The maximum absolute atomic E-state index is 6.20. The molecular formula is C12H27NOSi. The quantitative estimate of drug-likeness (QED) is 0.751. The first-order valence-corrected chi connectivity index (χ1v) is 9.00. The Balaban J connectivity index is 2.36. The molecule has 2 atom stereocenters. The summed E-state index contributed by atoms with van der Waals surface area (Å²) >= 11 is 0. The molecule has 0 spiro atoms. The molecule has 0 aromatic carbocycles. The molecule has 1 fully saturated rings. The molecule has 0 saturated carbocycles. The van der Waals surface area contributed by atoms with Crippen molar-refractivity contribution in [2.24, 2.45) is 5.92 Å². The second-order valence-corrected chi connectivity index (χ2v) is 11.3.